The van der Waals surface area contributed by atoms with E-state index in [0.29, 0.717) is 6.54 Å². The normalized spacial score (nSPS) is 9.08. The molecule has 1 aromatic carbocycles. The van der Waals surface area contributed by atoms with Crippen molar-refractivity contribution in [1.82, 2.24) is 0 Å². The zero-order valence-corrected chi connectivity index (χ0v) is 8.73. The molecule has 0 spiro atoms. The van der Waals surface area contributed by atoms with Gasteiger partial charge in [-0.3, -0.25) is 0 Å². The molecule has 0 unspecified atom stereocenters. The molecule has 3 heteroatoms. The molecule has 13 heavy (non-hydrogen) atoms. The second-order valence-electron chi connectivity index (χ2n) is 2.73. The average Bonchev–Trinajstić information content (AvgIpc) is 2.15. The summed E-state index contributed by atoms with van der Waals surface area (Å²) in [5, 5.41) is 3.29. The number of halogens is 1. The molecule has 2 nitrogen and oxygen atoms in total. The van der Waals surface area contributed by atoms with Crippen LogP contribution in [0.1, 0.15) is 12.5 Å². The number of aryl methyl sites for hydroxylation is 1. The molecule has 0 aliphatic rings. The summed E-state index contributed by atoms with van der Waals surface area (Å²) in [6.45, 7) is 3.68. The SMILES string of the molecule is CCc1ccccc1NCCN.Cl. The Hall–Kier alpha value is -0.730. The summed E-state index contributed by atoms with van der Waals surface area (Å²) in [6, 6.07) is 8.33. The maximum Gasteiger partial charge on any atom is 0.0373 e. The molecule has 0 heterocycles. The summed E-state index contributed by atoms with van der Waals surface area (Å²) in [6.07, 6.45) is 1.06. The minimum atomic E-state index is 0. The largest absolute Gasteiger partial charge is 0.384 e. The molecule has 0 aliphatic heterocycles. The first-order chi connectivity index (χ1) is 5.88. The van der Waals surface area contributed by atoms with Crippen LogP contribution in [0.5, 0.6) is 0 Å². The fourth-order valence-corrected chi connectivity index (χ4v) is 1.21. The third-order valence-electron chi connectivity index (χ3n) is 1.86. The van der Waals surface area contributed by atoms with Crippen LogP contribution in [-0.2, 0) is 6.42 Å². The van der Waals surface area contributed by atoms with E-state index in [9.17, 15) is 0 Å². The van der Waals surface area contributed by atoms with Crippen LogP contribution in [0.15, 0.2) is 24.3 Å². The Morgan fingerprint density at radius 1 is 1.31 bits per heavy atom. The van der Waals surface area contributed by atoms with Gasteiger partial charge in [-0.1, -0.05) is 25.1 Å². The number of benzene rings is 1. The van der Waals surface area contributed by atoms with E-state index in [2.05, 4.69) is 30.4 Å². The molecule has 0 aromatic heterocycles. The van der Waals surface area contributed by atoms with E-state index in [0.717, 1.165) is 13.0 Å². The molecule has 0 saturated carbocycles. The third kappa shape index (κ3) is 3.66. The molecule has 3 N–H and O–H groups in total. The van der Waals surface area contributed by atoms with Crippen molar-refractivity contribution in [2.45, 2.75) is 13.3 Å². The van der Waals surface area contributed by atoms with Gasteiger partial charge in [-0.25, -0.2) is 0 Å². The van der Waals surface area contributed by atoms with E-state index in [1.54, 1.807) is 0 Å². The highest BCUT2D eigenvalue weighted by Crippen LogP contribution is 2.14. The van der Waals surface area contributed by atoms with Crippen molar-refractivity contribution in [3.05, 3.63) is 29.8 Å². The van der Waals surface area contributed by atoms with Crippen molar-refractivity contribution < 1.29 is 0 Å². The Morgan fingerprint density at radius 3 is 2.62 bits per heavy atom. The predicted octanol–water partition coefficient (Wildman–Crippen LogP) is 2.04. The van der Waals surface area contributed by atoms with E-state index in [1.165, 1.54) is 11.3 Å². The molecule has 0 amide bonds. The second-order valence-corrected chi connectivity index (χ2v) is 2.73. The molecular formula is C10H17ClN2. The van der Waals surface area contributed by atoms with Crippen molar-refractivity contribution in [3.63, 3.8) is 0 Å². The smallest absolute Gasteiger partial charge is 0.0373 e. The Morgan fingerprint density at radius 2 is 2.00 bits per heavy atom. The first-order valence-corrected chi connectivity index (χ1v) is 4.40. The van der Waals surface area contributed by atoms with Gasteiger partial charge in [-0.05, 0) is 18.1 Å². The van der Waals surface area contributed by atoms with Crippen molar-refractivity contribution in [1.29, 1.82) is 0 Å². The van der Waals surface area contributed by atoms with E-state index in [1.807, 2.05) is 6.07 Å². The van der Waals surface area contributed by atoms with Crippen molar-refractivity contribution in [2.24, 2.45) is 5.73 Å². The van der Waals surface area contributed by atoms with Gasteiger partial charge in [0.15, 0.2) is 0 Å². The van der Waals surface area contributed by atoms with Crippen LogP contribution in [0.25, 0.3) is 0 Å². The van der Waals surface area contributed by atoms with Crippen LogP contribution in [-0.4, -0.2) is 13.1 Å². The monoisotopic (exact) mass is 200 g/mol. The second kappa shape index (κ2) is 6.75. The van der Waals surface area contributed by atoms with E-state index < -0.39 is 0 Å². The highest BCUT2D eigenvalue weighted by Gasteiger charge is 1.96. The lowest BCUT2D eigenvalue weighted by molar-refractivity contribution is 1.01. The summed E-state index contributed by atoms with van der Waals surface area (Å²) < 4.78 is 0. The molecule has 0 bridgehead atoms. The zero-order valence-electron chi connectivity index (χ0n) is 7.92. The van der Waals surface area contributed by atoms with Gasteiger partial charge >= 0.3 is 0 Å². The molecular weight excluding hydrogens is 184 g/mol. The Labute approximate surface area is 85.9 Å². The van der Waals surface area contributed by atoms with Gasteiger partial charge in [-0.15, -0.1) is 12.4 Å². The number of nitrogens with one attached hydrogen (secondary N) is 1. The zero-order chi connectivity index (χ0) is 8.81. The van der Waals surface area contributed by atoms with E-state index >= 15 is 0 Å². The molecule has 0 aliphatic carbocycles. The van der Waals surface area contributed by atoms with Crippen molar-refractivity contribution in [3.8, 4) is 0 Å². The lowest BCUT2D eigenvalue weighted by Gasteiger charge is -2.08. The molecule has 0 fully saturated rings. The van der Waals surface area contributed by atoms with Crippen LogP contribution < -0.4 is 11.1 Å². The summed E-state index contributed by atoms with van der Waals surface area (Å²) in [5.41, 5.74) is 7.97. The fraction of sp³-hybridized carbons (Fsp3) is 0.400. The molecule has 1 rings (SSSR count). The Bertz CT molecular complexity index is 238. The standard InChI is InChI=1S/C10H16N2.ClH/c1-2-9-5-3-4-6-10(9)12-8-7-11;/h3-6,12H,2,7-8,11H2,1H3;1H. The van der Waals surface area contributed by atoms with Crippen molar-refractivity contribution >= 4 is 18.1 Å². The van der Waals surface area contributed by atoms with Crippen LogP contribution in [0.3, 0.4) is 0 Å². The van der Waals surface area contributed by atoms with Gasteiger partial charge in [0.05, 0.1) is 0 Å². The van der Waals surface area contributed by atoms with E-state index in [-0.39, 0.29) is 12.4 Å². The van der Waals surface area contributed by atoms with Crippen LogP contribution >= 0.6 is 12.4 Å². The first-order valence-electron chi connectivity index (χ1n) is 4.40. The minimum absolute atomic E-state index is 0. The summed E-state index contributed by atoms with van der Waals surface area (Å²) >= 11 is 0. The van der Waals surface area contributed by atoms with Gasteiger partial charge in [0, 0.05) is 18.8 Å². The molecule has 0 saturated heterocycles. The number of para-hydroxylation sites is 1. The number of nitrogens with two attached hydrogens (primary N) is 1. The third-order valence-corrected chi connectivity index (χ3v) is 1.86. The lowest BCUT2D eigenvalue weighted by Crippen LogP contribution is -2.13. The van der Waals surface area contributed by atoms with Gasteiger partial charge < -0.3 is 11.1 Å². The summed E-state index contributed by atoms with van der Waals surface area (Å²) in [5.74, 6) is 0. The quantitative estimate of drug-likeness (QED) is 0.781. The van der Waals surface area contributed by atoms with E-state index in [4.69, 9.17) is 5.73 Å². The number of rotatable bonds is 4. The average molecular weight is 201 g/mol. The lowest BCUT2D eigenvalue weighted by atomic mass is 10.1. The molecule has 74 valence electrons. The van der Waals surface area contributed by atoms with Crippen LogP contribution in [0, 0.1) is 0 Å². The Balaban J connectivity index is 0.00000144. The predicted molar refractivity (Wildman–Crippen MR) is 60.6 cm³/mol. The first kappa shape index (κ1) is 12.3. The van der Waals surface area contributed by atoms with Gasteiger partial charge in [0.25, 0.3) is 0 Å². The summed E-state index contributed by atoms with van der Waals surface area (Å²) in [4.78, 5) is 0. The highest BCUT2D eigenvalue weighted by molar-refractivity contribution is 5.85. The van der Waals surface area contributed by atoms with Crippen LogP contribution in [0.4, 0.5) is 5.69 Å². The maximum absolute atomic E-state index is 5.41. The molecule has 0 atom stereocenters. The molecule has 1 aromatic rings. The van der Waals surface area contributed by atoms with Crippen molar-refractivity contribution in [2.75, 3.05) is 18.4 Å². The number of anilines is 1. The maximum atomic E-state index is 5.41. The summed E-state index contributed by atoms with van der Waals surface area (Å²) in [7, 11) is 0. The van der Waals surface area contributed by atoms with Gasteiger partial charge in [-0.2, -0.15) is 0 Å². The number of hydrogen-bond acceptors (Lipinski definition) is 2. The van der Waals surface area contributed by atoms with Gasteiger partial charge in [0.1, 0.15) is 0 Å². The fourth-order valence-electron chi connectivity index (χ4n) is 1.21. The Kier molecular flexibility index (Phi) is 6.37. The minimum Gasteiger partial charge on any atom is -0.384 e. The van der Waals surface area contributed by atoms with Crippen LogP contribution in [0.2, 0.25) is 0 Å². The number of hydrogen-bond donors (Lipinski definition) is 2. The molecule has 0 radical (unpaired) electrons. The highest BCUT2D eigenvalue weighted by atomic mass is 35.5. The topological polar surface area (TPSA) is 38.0 Å². The van der Waals surface area contributed by atoms with Gasteiger partial charge in [0.2, 0.25) is 0 Å².